The van der Waals surface area contributed by atoms with Crippen LogP contribution < -0.4 is 4.74 Å². The molecule has 0 saturated heterocycles. The van der Waals surface area contributed by atoms with Crippen LogP contribution in [0.25, 0.3) is 0 Å². The van der Waals surface area contributed by atoms with Gasteiger partial charge in [-0.2, -0.15) is 0 Å². The molecule has 1 heterocycles. The highest BCUT2D eigenvalue weighted by molar-refractivity contribution is 5.23. The van der Waals surface area contributed by atoms with E-state index in [9.17, 15) is 0 Å². The molecule has 0 aromatic carbocycles. The number of nitrogens with zero attached hydrogens (tertiary/aromatic N) is 1. The molecule has 0 N–H and O–H groups in total. The Morgan fingerprint density at radius 2 is 1.69 bits per heavy atom. The summed E-state index contributed by atoms with van der Waals surface area (Å²) >= 11 is 0. The molecule has 0 aliphatic rings. The Morgan fingerprint density at radius 1 is 1.06 bits per heavy atom. The molecule has 0 radical (unpaired) electrons. The summed E-state index contributed by atoms with van der Waals surface area (Å²) in [7, 11) is 0. The maximum Gasteiger partial charge on any atom is 0.213 e. The molecule has 90 valence electrons. The number of ether oxygens (including phenoxy) is 1. The van der Waals surface area contributed by atoms with Crippen LogP contribution in [0.2, 0.25) is 0 Å². The van der Waals surface area contributed by atoms with E-state index in [2.05, 4.69) is 52.6 Å². The molecule has 2 nitrogen and oxygen atoms in total. The quantitative estimate of drug-likeness (QED) is 0.757. The van der Waals surface area contributed by atoms with Gasteiger partial charge < -0.3 is 4.74 Å². The van der Waals surface area contributed by atoms with E-state index in [1.165, 1.54) is 5.56 Å². The fraction of sp³-hybridized carbons (Fsp3) is 0.643. The maximum atomic E-state index is 5.63. The predicted octanol–water partition coefficient (Wildman–Crippen LogP) is 3.80. The zero-order valence-corrected chi connectivity index (χ0v) is 11.3. The third-order valence-corrected chi connectivity index (χ3v) is 2.26. The van der Waals surface area contributed by atoms with Gasteiger partial charge in [-0.3, -0.25) is 0 Å². The summed E-state index contributed by atoms with van der Waals surface area (Å²) in [4.78, 5) is 4.33. The van der Waals surface area contributed by atoms with Gasteiger partial charge in [0.25, 0.3) is 0 Å². The monoisotopic (exact) mass is 221 g/mol. The molecule has 0 aliphatic heterocycles. The summed E-state index contributed by atoms with van der Waals surface area (Å²) in [6, 6.07) is 4.04. The van der Waals surface area contributed by atoms with Crippen LogP contribution >= 0.6 is 0 Å². The van der Waals surface area contributed by atoms with E-state index in [4.69, 9.17) is 4.74 Å². The summed E-state index contributed by atoms with van der Waals surface area (Å²) in [6.45, 7) is 13.7. The lowest BCUT2D eigenvalue weighted by Crippen LogP contribution is -2.17. The van der Waals surface area contributed by atoms with Gasteiger partial charge in [0, 0.05) is 12.3 Å². The van der Waals surface area contributed by atoms with Gasteiger partial charge in [0.1, 0.15) is 0 Å². The van der Waals surface area contributed by atoms with Gasteiger partial charge in [-0.1, -0.05) is 47.6 Å². The molecule has 1 aromatic heterocycles. The van der Waals surface area contributed by atoms with Crippen molar-refractivity contribution >= 4 is 0 Å². The molecule has 2 heteroatoms. The summed E-state index contributed by atoms with van der Waals surface area (Å²) in [5.41, 5.74) is 1.55. The first-order valence-electron chi connectivity index (χ1n) is 5.78. The minimum absolute atomic E-state index is 0.148. The fourth-order valence-corrected chi connectivity index (χ4v) is 1.20. The minimum atomic E-state index is 0.148. The van der Waals surface area contributed by atoms with Crippen LogP contribution in [0.5, 0.6) is 5.88 Å². The number of rotatable bonds is 2. The smallest absolute Gasteiger partial charge is 0.213 e. The van der Waals surface area contributed by atoms with E-state index in [1.807, 2.05) is 12.3 Å². The van der Waals surface area contributed by atoms with Crippen LogP contribution in [0.4, 0.5) is 0 Å². The summed E-state index contributed by atoms with van der Waals surface area (Å²) in [5.74, 6) is 0.711. The number of pyridine rings is 1. The van der Waals surface area contributed by atoms with Crippen molar-refractivity contribution in [3.05, 3.63) is 23.9 Å². The molecule has 16 heavy (non-hydrogen) atoms. The molecule has 1 aromatic rings. The molecule has 0 bridgehead atoms. The Labute approximate surface area is 99.0 Å². The van der Waals surface area contributed by atoms with Crippen LogP contribution in [-0.2, 0) is 5.41 Å². The van der Waals surface area contributed by atoms with E-state index in [0.717, 1.165) is 0 Å². The third-order valence-electron chi connectivity index (χ3n) is 2.26. The van der Waals surface area contributed by atoms with E-state index in [0.29, 0.717) is 12.5 Å². The van der Waals surface area contributed by atoms with Crippen LogP contribution in [0.1, 0.15) is 47.1 Å². The molecule has 0 aliphatic carbocycles. The zero-order valence-electron chi connectivity index (χ0n) is 11.3. The molecule has 0 amide bonds. The molecule has 0 atom stereocenters. The SMILES string of the molecule is CC(C)(C)COc1ccc(C(C)(C)C)cn1. The van der Waals surface area contributed by atoms with Crippen LogP contribution in [-0.4, -0.2) is 11.6 Å². The van der Waals surface area contributed by atoms with Crippen molar-refractivity contribution in [2.75, 3.05) is 6.61 Å². The average Bonchev–Trinajstić information content (AvgIpc) is 2.13. The van der Waals surface area contributed by atoms with Gasteiger partial charge in [-0.05, 0) is 16.4 Å². The van der Waals surface area contributed by atoms with Crippen molar-refractivity contribution in [1.82, 2.24) is 4.98 Å². The van der Waals surface area contributed by atoms with Gasteiger partial charge in [0.15, 0.2) is 0 Å². The number of aromatic nitrogens is 1. The first kappa shape index (κ1) is 13.0. The summed E-state index contributed by atoms with van der Waals surface area (Å²) < 4.78 is 5.63. The zero-order chi connectivity index (χ0) is 12.4. The van der Waals surface area contributed by atoms with E-state index in [-0.39, 0.29) is 10.8 Å². The lowest BCUT2D eigenvalue weighted by atomic mass is 9.88. The van der Waals surface area contributed by atoms with Crippen molar-refractivity contribution in [1.29, 1.82) is 0 Å². The number of hydrogen-bond acceptors (Lipinski definition) is 2. The highest BCUT2D eigenvalue weighted by atomic mass is 16.5. The standard InChI is InChI=1S/C14H23NO/c1-13(2,3)10-16-12-8-7-11(9-15-12)14(4,5)6/h7-9H,10H2,1-6H3. The second-order valence-electron chi connectivity index (χ2n) is 6.48. The number of hydrogen-bond donors (Lipinski definition) is 0. The van der Waals surface area contributed by atoms with Gasteiger partial charge in [-0.15, -0.1) is 0 Å². The van der Waals surface area contributed by atoms with Gasteiger partial charge in [0.05, 0.1) is 6.61 Å². The van der Waals surface area contributed by atoms with Crippen molar-refractivity contribution in [3.8, 4) is 5.88 Å². The van der Waals surface area contributed by atoms with Crippen molar-refractivity contribution in [3.63, 3.8) is 0 Å². The Morgan fingerprint density at radius 3 is 2.06 bits per heavy atom. The fourth-order valence-electron chi connectivity index (χ4n) is 1.20. The largest absolute Gasteiger partial charge is 0.477 e. The van der Waals surface area contributed by atoms with Gasteiger partial charge >= 0.3 is 0 Å². The van der Waals surface area contributed by atoms with Crippen molar-refractivity contribution < 1.29 is 4.74 Å². The topological polar surface area (TPSA) is 22.1 Å². The minimum Gasteiger partial charge on any atom is -0.477 e. The Kier molecular flexibility index (Phi) is 3.61. The molecule has 1 rings (SSSR count). The second-order valence-corrected chi connectivity index (χ2v) is 6.48. The maximum absolute atomic E-state index is 5.63. The first-order chi connectivity index (χ1) is 7.18. The second kappa shape index (κ2) is 4.44. The van der Waals surface area contributed by atoms with Crippen molar-refractivity contribution in [2.45, 2.75) is 47.0 Å². The third kappa shape index (κ3) is 4.21. The molecular weight excluding hydrogens is 198 g/mol. The molecule has 0 saturated carbocycles. The van der Waals surface area contributed by atoms with E-state index in [1.54, 1.807) is 0 Å². The van der Waals surface area contributed by atoms with E-state index < -0.39 is 0 Å². The Hall–Kier alpha value is -1.05. The first-order valence-corrected chi connectivity index (χ1v) is 5.78. The summed E-state index contributed by atoms with van der Waals surface area (Å²) in [6.07, 6.45) is 1.90. The highest BCUT2D eigenvalue weighted by Gasteiger charge is 2.15. The van der Waals surface area contributed by atoms with Crippen LogP contribution in [0.15, 0.2) is 18.3 Å². The van der Waals surface area contributed by atoms with Crippen molar-refractivity contribution in [2.24, 2.45) is 5.41 Å². The molecule has 0 spiro atoms. The Balaban J connectivity index is 2.66. The summed E-state index contributed by atoms with van der Waals surface area (Å²) in [5, 5.41) is 0. The molecular formula is C14H23NO. The van der Waals surface area contributed by atoms with Gasteiger partial charge in [-0.25, -0.2) is 4.98 Å². The van der Waals surface area contributed by atoms with Gasteiger partial charge in [0.2, 0.25) is 5.88 Å². The molecule has 0 unspecified atom stereocenters. The van der Waals surface area contributed by atoms with Crippen LogP contribution in [0, 0.1) is 5.41 Å². The molecule has 0 fully saturated rings. The highest BCUT2D eigenvalue weighted by Crippen LogP contribution is 2.23. The Bertz CT molecular complexity index is 327. The lowest BCUT2D eigenvalue weighted by Gasteiger charge is -2.20. The predicted molar refractivity (Wildman–Crippen MR) is 67.9 cm³/mol. The van der Waals surface area contributed by atoms with Crippen LogP contribution in [0.3, 0.4) is 0 Å². The van der Waals surface area contributed by atoms with E-state index >= 15 is 0 Å². The lowest BCUT2D eigenvalue weighted by molar-refractivity contribution is 0.191. The average molecular weight is 221 g/mol. The normalized spacial score (nSPS) is 12.6.